The predicted octanol–water partition coefficient (Wildman–Crippen LogP) is 4.07. The summed E-state index contributed by atoms with van der Waals surface area (Å²) >= 11 is 0. The number of nitrogens with zero attached hydrogens (tertiary/aromatic N) is 1. The summed E-state index contributed by atoms with van der Waals surface area (Å²) in [5.41, 5.74) is 3.18. The molecule has 2 aromatic carbocycles. The van der Waals surface area contributed by atoms with E-state index in [1.54, 1.807) is 0 Å². The molecule has 0 saturated carbocycles. The van der Waals surface area contributed by atoms with Crippen LogP contribution < -0.4 is 5.32 Å². The molecule has 35 heavy (non-hydrogen) atoms. The van der Waals surface area contributed by atoms with Crippen LogP contribution in [0.3, 0.4) is 0 Å². The number of ether oxygens (including phenoxy) is 1. The normalized spacial score (nSPS) is 16.0. The lowest BCUT2D eigenvalue weighted by Crippen LogP contribution is -2.33. The molecule has 7 nitrogen and oxygen atoms in total. The molecule has 1 aliphatic carbocycles. The molecule has 5 rings (SSSR count). The maximum absolute atomic E-state index is 13.2. The van der Waals surface area contributed by atoms with Crippen LogP contribution in [-0.4, -0.2) is 55.7 Å². The summed E-state index contributed by atoms with van der Waals surface area (Å²) in [5.74, 6) is -0.0616. The van der Waals surface area contributed by atoms with Crippen molar-refractivity contribution in [3.63, 3.8) is 0 Å². The molecule has 182 valence electrons. The number of benzene rings is 2. The molecular weight excluding hydrogens is 444 g/mol. The fraction of sp³-hybridized carbons (Fsp3) is 0.393. The smallest absolute Gasteiger partial charge is 0.309 e. The van der Waals surface area contributed by atoms with E-state index in [1.807, 2.05) is 56.1 Å². The lowest BCUT2D eigenvalue weighted by molar-refractivity contribution is -0.149. The van der Waals surface area contributed by atoms with Crippen molar-refractivity contribution in [3.05, 3.63) is 58.3 Å². The van der Waals surface area contributed by atoms with Crippen LogP contribution in [0.1, 0.15) is 50.4 Å². The summed E-state index contributed by atoms with van der Waals surface area (Å²) in [5, 5.41) is 4.98. The van der Waals surface area contributed by atoms with E-state index >= 15 is 0 Å². The van der Waals surface area contributed by atoms with Gasteiger partial charge in [0.1, 0.15) is 18.1 Å². The van der Waals surface area contributed by atoms with Gasteiger partial charge in [-0.1, -0.05) is 24.3 Å². The summed E-state index contributed by atoms with van der Waals surface area (Å²) in [6.45, 7) is 6.78. The van der Waals surface area contributed by atoms with Crippen molar-refractivity contribution in [2.24, 2.45) is 5.92 Å². The molecule has 0 atom stereocenters. The second kappa shape index (κ2) is 9.40. The molecule has 1 aromatic heterocycles. The third-order valence-electron chi connectivity index (χ3n) is 7.23. The van der Waals surface area contributed by atoms with Crippen LogP contribution in [0.4, 0.5) is 0 Å². The second-order valence-electron chi connectivity index (χ2n) is 9.60. The van der Waals surface area contributed by atoms with Gasteiger partial charge in [-0.05, 0) is 69.2 Å². The molecule has 7 heteroatoms. The maximum Gasteiger partial charge on any atom is 0.309 e. The summed E-state index contributed by atoms with van der Waals surface area (Å²) in [6.07, 6.45) is 1.63. The summed E-state index contributed by atoms with van der Waals surface area (Å²) in [7, 11) is 1.91. The van der Waals surface area contributed by atoms with Gasteiger partial charge < -0.3 is 14.5 Å². The number of carbonyl (C=O) groups excluding carboxylic acids is 3. The zero-order valence-electron chi connectivity index (χ0n) is 20.4. The van der Waals surface area contributed by atoms with Crippen molar-refractivity contribution in [3.8, 4) is 11.3 Å². The van der Waals surface area contributed by atoms with Gasteiger partial charge in [-0.15, -0.1) is 0 Å². The third kappa shape index (κ3) is 4.19. The first kappa shape index (κ1) is 23.5. The standard InChI is InChI=1S/C28H30N2O5/c1-16-5-4-6-20-19(16)7-8-21-24(20)26(32)25(31)23-17(2)22(35-27(21)23)15-30(3)13-14-34-28(33)18-9-11-29-12-10-18/h4-8,18,29H,9-15H2,1-3H3. The highest BCUT2D eigenvalue weighted by Crippen LogP contribution is 2.41. The SMILES string of the molecule is Cc1c(CN(C)CCOC(=O)C2CCNCC2)oc2c1C(=O)C(=O)c1c-2ccc2c(C)cccc12. The molecule has 3 aromatic rings. The van der Waals surface area contributed by atoms with E-state index in [0.29, 0.717) is 53.5 Å². The number of Topliss-reactive ketones (excluding diaryl/α,β-unsaturated/α-hetero) is 2. The van der Waals surface area contributed by atoms with Crippen LogP contribution in [-0.2, 0) is 16.1 Å². The minimum absolute atomic E-state index is 0.0240. The van der Waals surface area contributed by atoms with E-state index < -0.39 is 11.6 Å². The number of hydrogen-bond donors (Lipinski definition) is 1. The quantitative estimate of drug-likeness (QED) is 0.426. The first-order valence-corrected chi connectivity index (χ1v) is 12.2. The van der Waals surface area contributed by atoms with Gasteiger partial charge >= 0.3 is 5.97 Å². The zero-order chi connectivity index (χ0) is 24.7. The number of ketones is 2. The number of furan rings is 1. The Bertz CT molecular complexity index is 1330. The number of esters is 1. The predicted molar refractivity (Wildman–Crippen MR) is 133 cm³/mol. The first-order valence-electron chi connectivity index (χ1n) is 12.2. The van der Waals surface area contributed by atoms with Crippen LogP contribution in [0.2, 0.25) is 0 Å². The fourth-order valence-corrected chi connectivity index (χ4v) is 5.15. The second-order valence-corrected chi connectivity index (χ2v) is 9.60. The molecule has 0 amide bonds. The highest BCUT2D eigenvalue weighted by Gasteiger charge is 2.37. The molecule has 0 bridgehead atoms. The van der Waals surface area contributed by atoms with Crippen LogP contribution in [0, 0.1) is 19.8 Å². The van der Waals surface area contributed by atoms with E-state index in [9.17, 15) is 14.4 Å². The molecule has 0 unspecified atom stereocenters. The summed E-state index contributed by atoms with van der Waals surface area (Å²) < 4.78 is 11.7. The lowest BCUT2D eigenvalue weighted by atomic mass is 9.83. The number of nitrogens with one attached hydrogen (secondary N) is 1. The highest BCUT2D eigenvalue weighted by atomic mass is 16.5. The zero-order valence-corrected chi connectivity index (χ0v) is 20.4. The number of fused-ring (bicyclic) bond motifs is 5. The number of aryl methyl sites for hydroxylation is 1. The third-order valence-corrected chi connectivity index (χ3v) is 7.23. The molecular formula is C28H30N2O5. The number of rotatable bonds is 6. The van der Waals surface area contributed by atoms with E-state index in [4.69, 9.17) is 9.15 Å². The number of piperidine rings is 1. The number of hydrogen-bond acceptors (Lipinski definition) is 7. The van der Waals surface area contributed by atoms with Gasteiger partial charge in [-0.25, -0.2) is 0 Å². The molecule has 2 heterocycles. The van der Waals surface area contributed by atoms with Gasteiger partial charge in [0.15, 0.2) is 0 Å². The minimum atomic E-state index is -0.521. The molecule has 0 radical (unpaired) electrons. The van der Waals surface area contributed by atoms with E-state index in [1.165, 1.54) is 0 Å². The highest BCUT2D eigenvalue weighted by molar-refractivity contribution is 6.54. The molecule has 1 aliphatic heterocycles. The average Bonchev–Trinajstić information content (AvgIpc) is 3.18. The molecule has 2 aliphatic rings. The van der Waals surface area contributed by atoms with E-state index in [2.05, 4.69) is 5.32 Å². The van der Waals surface area contributed by atoms with Gasteiger partial charge in [0, 0.05) is 23.2 Å². The van der Waals surface area contributed by atoms with Crippen LogP contribution in [0.5, 0.6) is 0 Å². The molecule has 1 fully saturated rings. The molecule has 1 saturated heterocycles. The Hall–Kier alpha value is -3.29. The van der Waals surface area contributed by atoms with E-state index in [0.717, 1.165) is 42.3 Å². The average molecular weight is 475 g/mol. The number of carbonyl (C=O) groups is 3. The van der Waals surface area contributed by atoms with Crippen LogP contribution in [0.25, 0.3) is 22.1 Å². The minimum Gasteiger partial charge on any atom is -0.464 e. The first-order chi connectivity index (χ1) is 16.9. The van der Waals surface area contributed by atoms with Crippen LogP contribution in [0.15, 0.2) is 34.7 Å². The Morgan fingerprint density at radius 2 is 1.80 bits per heavy atom. The van der Waals surface area contributed by atoms with Crippen molar-refractivity contribution in [1.82, 2.24) is 10.2 Å². The van der Waals surface area contributed by atoms with Crippen molar-refractivity contribution < 1.29 is 23.5 Å². The summed E-state index contributed by atoms with van der Waals surface area (Å²) in [6, 6.07) is 9.63. The lowest BCUT2D eigenvalue weighted by Gasteiger charge is -2.22. The van der Waals surface area contributed by atoms with Crippen molar-refractivity contribution in [1.29, 1.82) is 0 Å². The summed E-state index contributed by atoms with van der Waals surface area (Å²) in [4.78, 5) is 40.6. The van der Waals surface area contributed by atoms with E-state index in [-0.39, 0.29) is 11.9 Å². The largest absolute Gasteiger partial charge is 0.464 e. The Morgan fingerprint density at radius 3 is 2.57 bits per heavy atom. The van der Waals surface area contributed by atoms with Gasteiger partial charge in [0.25, 0.3) is 0 Å². The molecule has 0 spiro atoms. The van der Waals surface area contributed by atoms with Crippen molar-refractivity contribution in [2.75, 3.05) is 33.3 Å². The Balaban J connectivity index is 1.35. The maximum atomic E-state index is 13.2. The Morgan fingerprint density at radius 1 is 1.06 bits per heavy atom. The van der Waals surface area contributed by atoms with Gasteiger partial charge in [-0.2, -0.15) is 0 Å². The monoisotopic (exact) mass is 474 g/mol. The van der Waals surface area contributed by atoms with Gasteiger partial charge in [0.05, 0.1) is 18.0 Å². The van der Waals surface area contributed by atoms with Crippen molar-refractivity contribution in [2.45, 2.75) is 33.2 Å². The Kier molecular flexibility index (Phi) is 6.30. The fourth-order valence-electron chi connectivity index (χ4n) is 5.15. The molecule has 1 N–H and O–H groups in total. The van der Waals surface area contributed by atoms with Crippen LogP contribution >= 0.6 is 0 Å². The van der Waals surface area contributed by atoms with Gasteiger partial charge in [-0.3, -0.25) is 19.3 Å². The van der Waals surface area contributed by atoms with Crippen molar-refractivity contribution >= 4 is 28.3 Å². The topological polar surface area (TPSA) is 88.8 Å². The Labute approximate surface area is 204 Å². The van der Waals surface area contributed by atoms with Gasteiger partial charge in [0.2, 0.25) is 11.6 Å². The number of likely N-dealkylation sites (N-methyl/N-ethyl adjacent to an activating group) is 1.